The minimum absolute atomic E-state index is 0.0353. The number of hydrogen-bond donors (Lipinski definition) is 3. The van der Waals surface area contributed by atoms with Crippen molar-refractivity contribution < 1.29 is 38.6 Å². The summed E-state index contributed by atoms with van der Waals surface area (Å²) in [5, 5.41) is 16.4. The van der Waals surface area contributed by atoms with Gasteiger partial charge in [-0.2, -0.15) is 0 Å². The molecule has 0 fully saturated rings. The smallest absolute Gasteiger partial charge is 0.416 e. The number of aryl methyl sites for hydroxylation is 1. The molecule has 1 atom stereocenters. The lowest BCUT2D eigenvalue weighted by Gasteiger charge is -2.27. The maximum absolute atomic E-state index is 12.9. The molecule has 12 nitrogen and oxygen atoms in total. The monoisotopic (exact) mass is 682 g/mol. The van der Waals surface area contributed by atoms with E-state index in [1.54, 1.807) is 69.4 Å². The molecule has 12 heteroatoms. The van der Waals surface area contributed by atoms with Crippen molar-refractivity contribution in [3.8, 4) is 11.1 Å². The van der Waals surface area contributed by atoms with Crippen LogP contribution in [0.5, 0.6) is 0 Å². The van der Waals surface area contributed by atoms with Crippen molar-refractivity contribution in [3.63, 3.8) is 0 Å². The molecule has 0 bridgehead atoms. The van der Waals surface area contributed by atoms with Crippen molar-refractivity contribution in [1.82, 2.24) is 15.6 Å². The standard InChI is InChI=1S/C38H42N4O8/c1-24-18-19-39-32(21-24)42(37(48)50-38(2,3)4)20-8-11-33(43)40-23-34(44)41-31(22-35(45)49-5)26-14-12-25(13-15-26)27-16-17-30(36(46)47)29-10-7-6-9-28(27)29/h6-7,9-10,12-19,21,31H,8,11,20,22-23H2,1-5H3,(H,40,43)(H,41,44)(H,46,47)/t31-/m0/s1. The van der Waals surface area contributed by atoms with Gasteiger partial charge in [0.2, 0.25) is 11.8 Å². The van der Waals surface area contributed by atoms with Crippen LogP contribution in [-0.2, 0) is 23.9 Å². The molecule has 0 aliphatic heterocycles. The highest BCUT2D eigenvalue weighted by Crippen LogP contribution is 2.32. The van der Waals surface area contributed by atoms with E-state index in [0.717, 1.165) is 22.1 Å². The number of amides is 3. The molecule has 0 unspecified atom stereocenters. The Morgan fingerprint density at radius 3 is 2.26 bits per heavy atom. The van der Waals surface area contributed by atoms with Crippen LogP contribution >= 0.6 is 0 Å². The number of methoxy groups -OCH3 is 1. The maximum Gasteiger partial charge on any atom is 0.416 e. The number of carboxylic acids is 1. The van der Waals surface area contributed by atoms with Crippen LogP contribution in [0.25, 0.3) is 21.9 Å². The third-order valence-corrected chi connectivity index (χ3v) is 7.74. The second-order valence-corrected chi connectivity index (χ2v) is 12.7. The topological polar surface area (TPSA) is 164 Å². The van der Waals surface area contributed by atoms with Crippen molar-refractivity contribution in [2.24, 2.45) is 0 Å². The molecular formula is C38H42N4O8. The first-order valence-corrected chi connectivity index (χ1v) is 16.2. The first kappa shape index (κ1) is 37.0. The summed E-state index contributed by atoms with van der Waals surface area (Å²) in [6.45, 7) is 7.02. The first-order chi connectivity index (χ1) is 23.8. The highest BCUT2D eigenvalue weighted by molar-refractivity contribution is 6.08. The Morgan fingerprint density at radius 1 is 0.920 bits per heavy atom. The molecule has 0 spiro atoms. The molecule has 0 radical (unpaired) electrons. The van der Waals surface area contributed by atoms with E-state index in [1.807, 2.05) is 37.3 Å². The highest BCUT2D eigenvalue weighted by Gasteiger charge is 2.25. The van der Waals surface area contributed by atoms with E-state index in [2.05, 4.69) is 15.6 Å². The zero-order valence-corrected chi connectivity index (χ0v) is 28.8. The quantitative estimate of drug-likeness (QED) is 0.144. The van der Waals surface area contributed by atoms with Gasteiger partial charge >= 0.3 is 18.0 Å². The molecule has 0 aliphatic carbocycles. The van der Waals surface area contributed by atoms with Crippen LogP contribution in [0.2, 0.25) is 0 Å². The van der Waals surface area contributed by atoms with Gasteiger partial charge in [-0.25, -0.2) is 14.6 Å². The van der Waals surface area contributed by atoms with Crippen molar-refractivity contribution in [2.45, 2.75) is 58.6 Å². The maximum atomic E-state index is 12.9. The molecule has 1 heterocycles. The number of ether oxygens (including phenoxy) is 2. The number of pyridine rings is 1. The van der Waals surface area contributed by atoms with Gasteiger partial charge in [-0.1, -0.05) is 54.6 Å². The van der Waals surface area contributed by atoms with Crippen LogP contribution in [0.1, 0.15) is 67.6 Å². The van der Waals surface area contributed by atoms with Crippen LogP contribution in [0.4, 0.5) is 10.6 Å². The zero-order chi connectivity index (χ0) is 36.4. The van der Waals surface area contributed by atoms with E-state index in [1.165, 1.54) is 12.0 Å². The number of aromatic carboxylic acids is 1. The fraction of sp³-hybridized carbons (Fsp3) is 0.316. The SMILES string of the molecule is COC(=O)C[C@H](NC(=O)CNC(=O)CCCN(C(=O)OC(C)(C)C)c1cc(C)ccn1)c1ccc(-c2ccc(C(=O)O)c3ccccc23)cc1. The predicted molar refractivity (Wildman–Crippen MR) is 189 cm³/mol. The number of benzene rings is 3. The fourth-order valence-corrected chi connectivity index (χ4v) is 5.33. The number of rotatable bonds is 13. The van der Waals surface area contributed by atoms with Crippen molar-refractivity contribution in [3.05, 3.63) is 95.7 Å². The third kappa shape index (κ3) is 10.1. The number of anilines is 1. The van der Waals surface area contributed by atoms with Gasteiger partial charge in [0.05, 0.1) is 31.7 Å². The second kappa shape index (κ2) is 16.6. The van der Waals surface area contributed by atoms with E-state index < -0.39 is 41.5 Å². The first-order valence-electron chi connectivity index (χ1n) is 16.2. The molecule has 0 aliphatic rings. The van der Waals surface area contributed by atoms with Gasteiger partial charge in [-0.05, 0) is 85.3 Å². The molecule has 3 aromatic carbocycles. The van der Waals surface area contributed by atoms with Gasteiger partial charge in [0.15, 0.2) is 0 Å². The summed E-state index contributed by atoms with van der Waals surface area (Å²) < 4.78 is 10.4. The Hall–Kier alpha value is -5.78. The summed E-state index contributed by atoms with van der Waals surface area (Å²) in [4.78, 5) is 68.2. The molecule has 0 saturated carbocycles. The van der Waals surface area contributed by atoms with Gasteiger partial charge < -0.3 is 25.2 Å². The molecule has 262 valence electrons. The molecule has 3 amide bonds. The minimum atomic E-state index is -1.01. The fourth-order valence-electron chi connectivity index (χ4n) is 5.33. The minimum Gasteiger partial charge on any atom is -0.478 e. The van der Waals surface area contributed by atoms with Gasteiger partial charge in [-0.15, -0.1) is 0 Å². The number of aromatic nitrogens is 1. The number of fused-ring (bicyclic) bond motifs is 1. The number of esters is 1. The summed E-state index contributed by atoms with van der Waals surface area (Å²) in [6.07, 6.45) is 1.20. The summed E-state index contributed by atoms with van der Waals surface area (Å²) in [7, 11) is 1.26. The largest absolute Gasteiger partial charge is 0.478 e. The van der Waals surface area contributed by atoms with Crippen molar-refractivity contribution in [1.29, 1.82) is 0 Å². The Labute approximate surface area is 290 Å². The summed E-state index contributed by atoms with van der Waals surface area (Å²) in [5.74, 6) is -2.03. The summed E-state index contributed by atoms with van der Waals surface area (Å²) >= 11 is 0. The average molecular weight is 683 g/mol. The number of nitrogens with zero attached hydrogens (tertiary/aromatic N) is 2. The Kier molecular flexibility index (Phi) is 12.3. The van der Waals surface area contributed by atoms with Crippen molar-refractivity contribution in [2.75, 3.05) is 25.1 Å². The van der Waals surface area contributed by atoms with Crippen LogP contribution in [0, 0.1) is 6.92 Å². The number of carbonyl (C=O) groups excluding carboxylic acids is 4. The Bertz CT molecular complexity index is 1870. The molecule has 1 aromatic heterocycles. The molecule has 0 saturated heterocycles. The molecule has 4 aromatic rings. The number of hydrogen-bond acceptors (Lipinski definition) is 8. The Morgan fingerprint density at radius 2 is 1.62 bits per heavy atom. The van der Waals surface area contributed by atoms with Crippen LogP contribution < -0.4 is 15.5 Å². The number of nitrogens with one attached hydrogen (secondary N) is 2. The molecule has 3 N–H and O–H groups in total. The van der Waals surface area contributed by atoms with Crippen LogP contribution in [-0.4, -0.2) is 65.7 Å². The predicted octanol–water partition coefficient (Wildman–Crippen LogP) is 5.97. The molecular weight excluding hydrogens is 640 g/mol. The lowest BCUT2D eigenvalue weighted by molar-refractivity contribution is -0.141. The van der Waals surface area contributed by atoms with Crippen molar-refractivity contribution >= 4 is 46.4 Å². The highest BCUT2D eigenvalue weighted by atomic mass is 16.6. The molecule has 4 rings (SSSR count). The van der Waals surface area contributed by atoms with Gasteiger partial charge in [0, 0.05) is 19.2 Å². The molecule has 50 heavy (non-hydrogen) atoms. The summed E-state index contributed by atoms with van der Waals surface area (Å²) in [5.41, 5.74) is 2.68. The average Bonchev–Trinajstić information content (AvgIpc) is 3.07. The van der Waals surface area contributed by atoms with Gasteiger partial charge in [0.1, 0.15) is 11.4 Å². The number of carboxylic acid groups (broad SMARTS) is 1. The van der Waals surface area contributed by atoms with E-state index in [9.17, 15) is 29.1 Å². The number of carbonyl (C=O) groups is 5. The van der Waals surface area contributed by atoms with Gasteiger partial charge in [-0.3, -0.25) is 19.3 Å². The third-order valence-electron chi connectivity index (χ3n) is 7.74. The van der Waals surface area contributed by atoms with E-state index in [-0.39, 0.29) is 37.9 Å². The lowest BCUT2D eigenvalue weighted by Crippen LogP contribution is -2.40. The lowest BCUT2D eigenvalue weighted by atomic mass is 9.93. The van der Waals surface area contributed by atoms with E-state index in [0.29, 0.717) is 16.8 Å². The van der Waals surface area contributed by atoms with Crippen LogP contribution in [0.15, 0.2) is 79.0 Å². The normalized spacial score (nSPS) is 11.7. The van der Waals surface area contributed by atoms with E-state index >= 15 is 0 Å². The zero-order valence-electron chi connectivity index (χ0n) is 28.8. The summed E-state index contributed by atoms with van der Waals surface area (Å²) in [6, 6.07) is 20.6. The Balaban J connectivity index is 1.38. The van der Waals surface area contributed by atoms with E-state index in [4.69, 9.17) is 9.47 Å². The van der Waals surface area contributed by atoms with Gasteiger partial charge in [0.25, 0.3) is 0 Å². The second-order valence-electron chi connectivity index (χ2n) is 12.7. The van der Waals surface area contributed by atoms with Crippen LogP contribution in [0.3, 0.4) is 0 Å².